The quantitative estimate of drug-likeness (QED) is 0.155. The first kappa shape index (κ1) is 29.7. The van der Waals surface area contributed by atoms with Gasteiger partial charge in [0.15, 0.2) is 0 Å². The zero-order valence-corrected chi connectivity index (χ0v) is 25.5. The van der Waals surface area contributed by atoms with Gasteiger partial charge in [-0.2, -0.15) is 0 Å². The van der Waals surface area contributed by atoms with Crippen LogP contribution >= 0.6 is 0 Å². The molecule has 1 aromatic heterocycles. The molecule has 0 unspecified atom stereocenters. The van der Waals surface area contributed by atoms with Crippen LogP contribution in [0.5, 0.6) is 5.75 Å². The number of carbonyl (C=O) groups is 1. The molecule has 0 amide bonds. The molecule has 0 bridgehead atoms. The summed E-state index contributed by atoms with van der Waals surface area (Å²) in [5.41, 5.74) is 5.05. The third-order valence-corrected chi connectivity index (χ3v) is 8.39. The van der Waals surface area contributed by atoms with Gasteiger partial charge in [0, 0.05) is 7.05 Å². The van der Waals surface area contributed by atoms with Gasteiger partial charge in [0.1, 0.15) is 17.3 Å². The van der Waals surface area contributed by atoms with Crippen LogP contribution < -0.4 is 15.7 Å². The van der Waals surface area contributed by atoms with Crippen LogP contribution in [-0.2, 0) is 28.5 Å². The molecule has 7 heteroatoms. The van der Waals surface area contributed by atoms with Crippen molar-refractivity contribution >= 4 is 17.0 Å². The van der Waals surface area contributed by atoms with Crippen LogP contribution in [0.25, 0.3) is 16.7 Å². The summed E-state index contributed by atoms with van der Waals surface area (Å²) >= 11 is 0. The van der Waals surface area contributed by atoms with E-state index in [-0.39, 0.29) is 11.7 Å². The lowest BCUT2D eigenvalue weighted by Crippen LogP contribution is -2.53. The van der Waals surface area contributed by atoms with Gasteiger partial charge in [0.05, 0.1) is 31.0 Å². The summed E-state index contributed by atoms with van der Waals surface area (Å²) in [6, 6.07) is 43.1. The second-order valence-electron chi connectivity index (χ2n) is 10.9. The van der Waals surface area contributed by atoms with Crippen LogP contribution in [0, 0.1) is 0 Å². The maximum absolute atomic E-state index is 13.5. The van der Waals surface area contributed by atoms with Gasteiger partial charge in [-0.3, -0.25) is 19.2 Å². The van der Waals surface area contributed by atoms with E-state index in [1.165, 1.54) is 7.11 Å². The number of hydrogen-bond acceptors (Lipinski definition) is 5. The minimum absolute atomic E-state index is 0.172. The lowest BCUT2D eigenvalue weighted by atomic mass is 9.76. The van der Waals surface area contributed by atoms with Crippen molar-refractivity contribution in [2.45, 2.75) is 18.0 Å². The number of imidazole rings is 1. The maximum atomic E-state index is 13.5. The number of aryl methyl sites for hydroxylation is 1. The van der Waals surface area contributed by atoms with Crippen molar-refractivity contribution in [3.8, 4) is 11.4 Å². The fourth-order valence-corrected chi connectivity index (χ4v) is 6.19. The topological polar surface area (TPSA) is 74.5 Å². The third kappa shape index (κ3) is 5.43. The molecule has 0 aliphatic carbocycles. The van der Waals surface area contributed by atoms with Crippen molar-refractivity contribution < 1.29 is 14.3 Å². The van der Waals surface area contributed by atoms with Crippen LogP contribution in [-0.4, -0.2) is 35.4 Å². The van der Waals surface area contributed by atoms with E-state index in [2.05, 4.69) is 41.7 Å². The SMILES string of the molecule is COC(=O)[C@H](Cc1ccc(-n2c(=O)n(C)c3cccc(OC)c32)cc1)NC(c1ccccc1)(c1ccccc1)c1ccccc1. The number of benzene rings is 5. The Kier molecular flexibility index (Phi) is 8.36. The summed E-state index contributed by atoms with van der Waals surface area (Å²) in [5.74, 6) is 0.240. The number of hydrogen-bond donors (Lipinski definition) is 1. The standard InChI is InChI=1S/C38H35N3O4/c1-40-33-20-13-21-34(44-2)35(33)41(37(40)43)31-24-22-27(23-25-31)26-32(36(42)45-3)39-38(28-14-7-4-8-15-28,29-16-9-5-10-17-29)30-18-11-6-12-19-30/h4-25,32,39H,26H2,1-3H3/t32-/m0/s1. The lowest BCUT2D eigenvalue weighted by molar-refractivity contribution is -0.143. The highest BCUT2D eigenvalue weighted by atomic mass is 16.5. The molecule has 1 atom stereocenters. The first-order chi connectivity index (χ1) is 22.0. The molecule has 7 nitrogen and oxygen atoms in total. The normalized spacial score (nSPS) is 12.2. The number of rotatable bonds is 10. The molecule has 0 spiro atoms. The van der Waals surface area contributed by atoms with E-state index in [4.69, 9.17) is 9.47 Å². The second kappa shape index (κ2) is 12.7. The van der Waals surface area contributed by atoms with E-state index in [0.717, 1.165) is 27.8 Å². The van der Waals surface area contributed by atoms with Crippen molar-refractivity contribution in [3.05, 3.63) is 166 Å². The Morgan fingerprint density at radius 1 is 0.733 bits per heavy atom. The highest BCUT2D eigenvalue weighted by Crippen LogP contribution is 2.37. The number of carbonyl (C=O) groups excluding carboxylic acids is 1. The number of ether oxygens (including phenoxy) is 2. The zero-order chi connectivity index (χ0) is 31.4. The molecule has 1 N–H and O–H groups in total. The Bertz CT molecular complexity index is 1870. The summed E-state index contributed by atoms with van der Waals surface area (Å²) in [6.45, 7) is 0. The smallest absolute Gasteiger partial charge is 0.333 e. The monoisotopic (exact) mass is 597 g/mol. The minimum atomic E-state index is -0.852. The number of nitrogens with zero attached hydrogens (tertiary/aromatic N) is 2. The number of methoxy groups -OCH3 is 2. The fraction of sp³-hybridized carbons (Fsp3) is 0.158. The van der Waals surface area contributed by atoms with Crippen molar-refractivity contribution in [3.63, 3.8) is 0 Å². The highest BCUT2D eigenvalue weighted by molar-refractivity contribution is 5.84. The molecule has 0 saturated heterocycles. The van der Waals surface area contributed by atoms with Crippen molar-refractivity contribution in [1.29, 1.82) is 0 Å². The summed E-state index contributed by atoms with van der Waals surface area (Å²) in [7, 11) is 4.76. The number of para-hydroxylation sites is 1. The van der Waals surface area contributed by atoms with Gasteiger partial charge < -0.3 is 9.47 Å². The maximum Gasteiger partial charge on any atom is 0.333 e. The van der Waals surface area contributed by atoms with E-state index in [1.54, 1.807) is 23.3 Å². The van der Waals surface area contributed by atoms with Gasteiger partial charge in [-0.25, -0.2) is 4.79 Å². The molecule has 226 valence electrons. The largest absolute Gasteiger partial charge is 0.494 e. The first-order valence-corrected chi connectivity index (χ1v) is 14.8. The first-order valence-electron chi connectivity index (χ1n) is 14.8. The predicted molar refractivity (Wildman–Crippen MR) is 177 cm³/mol. The molecule has 0 radical (unpaired) electrons. The van der Waals surface area contributed by atoms with E-state index < -0.39 is 11.6 Å². The van der Waals surface area contributed by atoms with Gasteiger partial charge in [-0.15, -0.1) is 0 Å². The molecule has 0 aliphatic rings. The molecule has 45 heavy (non-hydrogen) atoms. The Morgan fingerprint density at radius 2 is 1.27 bits per heavy atom. The van der Waals surface area contributed by atoms with Crippen molar-refractivity contribution in [1.82, 2.24) is 14.5 Å². The van der Waals surface area contributed by atoms with Gasteiger partial charge in [-0.05, 0) is 52.9 Å². The van der Waals surface area contributed by atoms with Crippen molar-refractivity contribution in [2.24, 2.45) is 7.05 Å². The van der Waals surface area contributed by atoms with Gasteiger partial charge in [0.2, 0.25) is 0 Å². The average molecular weight is 598 g/mol. The molecule has 0 aliphatic heterocycles. The minimum Gasteiger partial charge on any atom is -0.494 e. The third-order valence-electron chi connectivity index (χ3n) is 8.39. The summed E-state index contributed by atoms with van der Waals surface area (Å²) in [5, 5.41) is 3.76. The van der Waals surface area contributed by atoms with E-state index in [0.29, 0.717) is 23.4 Å². The Morgan fingerprint density at radius 3 is 1.76 bits per heavy atom. The fourth-order valence-electron chi connectivity index (χ4n) is 6.19. The van der Waals surface area contributed by atoms with Crippen LogP contribution in [0.1, 0.15) is 22.3 Å². The van der Waals surface area contributed by atoms with E-state index in [9.17, 15) is 9.59 Å². The molecular formula is C38H35N3O4. The van der Waals surface area contributed by atoms with E-state index in [1.807, 2.05) is 97.1 Å². The lowest BCUT2D eigenvalue weighted by Gasteiger charge is -2.39. The van der Waals surface area contributed by atoms with Gasteiger partial charge in [-0.1, -0.05) is 109 Å². The van der Waals surface area contributed by atoms with Crippen LogP contribution in [0.15, 0.2) is 138 Å². The molecule has 6 aromatic rings. The molecule has 1 heterocycles. The van der Waals surface area contributed by atoms with Crippen LogP contribution in [0.3, 0.4) is 0 Å². The summed E-state index contributed by atoms with van der Waals surface area (Å²) < 4.78 is 14.2. The molecule has 5 aromatic carbocycles. The molecular weight excluding hydrogens is 562 g/mol. The van der Waals surface area contributed by atoms with Crippen molar-refractivity contribution in [2.75, 3.05) is 14.2 Å². The van der Waals surface area contributed by atoms with Crippen LogP contribution in [0.2, 0.25) is 0 Å². The molecule has 0 fully saturated rings. The number of esters is 1. The summed E-state index contributed by atoms with van der Waals surface area (Å²) in [6.07, 6.45) is 0.356. The number of aromatic nitrogens is 2. The highest BCUT2D eigenvalue weighted by Gasteiger charge is 2.40. The second-order valence-corrected chi connectivity index (χ2v) is 10.9. The van der Waals surface area contributed by atoms with Gasteiger partial charge >= 0.3 is 11.7 Å². The molecule has 6 rings (SSSR count). The van der Waals surface area contributed by atoms with E-state index >= 15 is 0 Å². The number of nitrogens with one attached hydrogen (secondary N) is 1. The average Bonchev–Trinajstić information content (AvgIpc) is 3.36. The van der Waals surface area contributed by atoms with Gasteiger partial charge in [0.25, 0.3) is 0 Å². The summed E-state index contributed by atoms with van der Waals surface area (Å²) in [4.78, 5) is 26.8. The van der Waals surface area contributed by atoms with Crippen LogP contribution in [0.4, 0.5) is 0 Å². The Balaban J connectivity index is 1.42. The Labute approximate surface area is 262 Å². The zero-order valence-electron chi connectivity index (χ0n) is 25.5. The molecule has 0 saturated carbocycles. The predicted octanol–water partition coefficient (Wildman–Crippen LogP) is 6.00. The number of fused-ring (bicyclic) bond motifs is 1. The Hall–Kier alpha value is -5.40.